The number of pyridine rings is 2. The first-order chi connectivity index (χ1) is 21.2. The fourth-order valence-electron chi connectivity index (χ4n) is 6.16. The summed E-state index contributed by atoms with van der Waals surface area (Å²) in [6.07, 6.45) is 4.07. The van der Waals surface area contributed by atoms with Crippen molar-refractivity contribution in [1.82, 2.24) is 9.97 Å². The number of fused-ring (bicyclic) bond motifs is 6. The predicted octanol–water partition coefficient (Wildman–Crippen LogP) is 10.3. The Morgan fingerprint density at radius 2 is 1.42 bits per heavy atom. The molecule has 7 aromatic rings. The molecule has 4 aromatic carbocycles. The zero-order valence-electron chi connectivity index (χ0n) is 26.1. The molecule has 0 aliphatic heterocycles. The summed E-state index contributed by atoms with van der Waals surface area (Å²) in [5, 5.41) is 4.00. The topological polar surface area (TPSA) is 25.8 Å². The molecule has 0 fully saturated rings. The largest absolute Gasteiger partial charge is 0.305 e. The third-order valence-corrected chi connectivity index (χ3v) is 11.9. The van der Waals surface area contributed by atoms with Gasteiger partial charge in [-0.05, 0) is 49.4 Å². The maximum absolute atomic E-state index is 4.88. The number of nitrogens with zero attached hydrogens (tertiary/aromatic N) is 2. The number of rotatable bonds is 3. The van der Waals surface area contributed by atoms with E-state index >= 15 is 0 Å². The molecule has 0 bridgehead atoms. The van der Waals surface area contributed by atoms with E-state index in [9.17, 15) is 0 Å². The Labute approximate surface area is 284 Å². The summed E-state index contributed by atoms with van der Waals surface area (Å²) in [6.45, 7) is 11.6. The van der Waals surface area contributed by atoms with E-state index in [2.05, 4.69) is 130 Å². The molecule has 1 radical (unpaired) electrons. The molecule has 0 amide bonds. The first kappa shape index (κ1) is 31.3. The van der Waals surface area contributed by atoms with Crippen LogP contribution in [0.25, 0.3) is 53.8 Å². The van der Waals surface area contributed by atoms with E-state index in [-0.39, 0.29) is 25.5 Å². The van der Waals surface area contributed by atoms with Crippen LogP contribution < -0.4 is 5.19 Å². The standard InChI is InChI=1S/C26H18NS.C14H16NSi.Ir/c1-26(2)21-12-5-3-8-16(21)20-15-27-23(14-22(20)26)19-11-7-10-18-17-9-4-6-13-24(17)28-25(18)19;1-16(2,3)13-9-10-14(15-11-13)12-7-5-4-6-8-12;/h3-10,12-15H,1-2H3;4-7,9-11H,1-3H3;/q2*-1;. The predicted molar refractivity (Wildman–Crippen MR) is 190 cm³/mol. The quantitative estimate of drug-likeness (QED) is 0.132. The van der Waals surface area contributed by atoms with Gasteiger partial charge in [0.25, 0.3) is 0 Å². The maximum Gasteiger partial charge on any atom is 0.0795 e. The number of benzene rings is 4. The Kier molecular flexibility index (Phi) is 8.49. The van der Waals surface area contributed by atoms with E-state index in [1.165, 1.54) is 47.6 Å². The molecule has 225 valence electrons. The van der Waals surface area contributed by atoms with Crippen molar-refractivity contribution in [1.29, 1.82) is 0 Å². The van der Waals surface area contributed by atoms with Crippen LogP contribution in [0.3, 0.4) is 0 Å². The average Bonchev–Trinajstić information content (AvgIpc) is 3.54. The minimum atomic E-state index is -1.23. The summed E-state index contributed by atoms with van der Waals surface area (Å²) in [6, 6.07) is 42.7. The molecule has 1 aliphatic rings. The van der Waals surface area contributed by atoms with Gasteiger partial charge in [-0.25, -0.2) is 0 Å². The third kappa shape index (κ3) is 5.75. The Balaban J connectivity index is 0.000000181. The number of thiophene rings is 1. The van der Waals surface area contributed by atoms with Crippen LogP contribution in [-0.4, -0.2) is 18.0 Å². The molecule has 3 aromatic heterocycles. The Hall–Kier alpha value is -3.73. The van der Waals surface area contributed by atoms with Crippen LogP contribution >= 0.6 is 11.3 Å². The summed E-state index contributed by atoms with van der Waals surface area (Å²) >= 11 is 1.83. The summed E-state index contributed by atoms with van der Waals surface area (Å²) < 4.78 is 2.58. The first-order valence-electron chi connectivity index (χ1n) is 15.1. The van der Waals surface area contributed by atoms with E-state index in [0.717, 1.165) is 22.5 Å². The van der Waals surface area contributed by atoms with Gasteiger partial charge in [0.2, 0.25) is 0 Å². The average molecular weight is 795 g/mol. The molecule has 5 heteroatoms. The molecule has 3 heterocycles. The molecule has 2 nitrogen and oxygen atoms in total. The SMILES string of the molecule is CC1(C)c2ccccc2-c2cnc(-c3[c-]ccc4c3sc3ccccc34)cc21.C[Si](C)(C)c1ccc(-c2[c-]cccc2)nc1.[Ir]. The van der Waals surface area contributed by atoms with Crippen LogP contribution in [-0.2, 0) is 25.5 Å². The van der Waals surface area contributed by atoms with Crippen LogP contribution in [0.1, 0.15) is 25.0 Å². The van der Waals surface area contributed by atoms with Crippen LogP contribution in [0, 0.1) is 12.1 Å². The fraction of sp³-hybridized carbons (Fsp3) is 0.150. The molecule has 0 saturated heterocycles. The van der Waals surface area contributed by atoms with Gasteiger partial charge in [-0.15, -0.1) is 59.7 Å². The monoisotopic (exact) mass is 795 g/mol. The minimum absolute atomic E-state index is 0. The van der Waals surface area contributed by atoms with E-state index in [4.69, 9.17) is 4.98 Å². The Morgan fingerprint density at radius 1 is 0.667 bits per heavy atom. The van der Waals surface area contributed by atoms with Gasteiger partial charge in [0.1, 0.15) is 0 Å². The van der Waals surface area contributed by atoms with Gasteiger partial charge >= 0.3 is 0 Å². The molecule has 45 heavy (non-hydrogen) atoms. The van der Waals surface area contributed by atoms with Gasteiger partial charge in [0.15, 0.2) is 0 Å². The van der Waals surface area contributed by atoms with E-state index in [0.29, 0.717) is 0 Å². The normalized spacial score (nSPS) is 13.0. The van der Waals surface area contributed by atoms with Crippen molar-refractivity contribution in [2.24, 2.45) is 0 Å². The van der Waals surface area contributed by atoms with E-state index in [1.807, 2.05) is 47.9 Å². The minimum Gasteiger partial charge on any atom is -0.305 e. The smallest absolute Gasteiger partial charge is 0.0795 e. The summed E-state index contributed by atoms with van der Waals surface area (Å²) in [7, 11) is -1.23. The second-order valence-corrected chi connectivity index (χ2v) is 19.1. The molecule has 8 rings (SSSR count). The molecular formula is C40H34IrN2SSi-2. The Morgan fingerprint density at radius 3 is 2.18 bits per heavy atom. The van der Waals surface area contributed by atoms with Gasteiger partial charge < -0.3 is 9.97 Å². The van der Waals surface area contributed by atoms with Crippen molar-refractivity contribution in [3.05, 3.63) is 139 Å². The van der Waals surface area contributed by atoms with Crippen molar-refractivity contribution < 1.29 is 20.1 Å². The van der Waals surface area contributed by atoms with E-state index in [1.54, 1.807) is 0 Å². The van der Waals surface area contributed by atoms with Crippen LogP contribution in [0.5, 0.6) is 0 Å². The van der Waals surface area contributed by atoms with Gasteiger partial charge in [-0.2, -0.15) is 11.3 Å². The zero-order chi connectivity index (χ0) is 30.5. The third-order valence-electron chi connectivity index (χ3n) is 8.68. The Bertz CT molecular complexity index is 2130. The van der Waals surface area contributed by atoms with Crippen LogP contribution in [0.4, 0.5) is 0 Å². The van der Waals surface area contributed by atoms with E-state index < -0.39 is 8.07 Å². The van der Waals surface area contributed by atoms with Crippen LogP contribution in [0.2, 0.25) is 19.6 Å². The zero-order valence-corrected chi connectivity index (χ0v) is 30.3. The van der Waals surface area contributed by atoms with Gasteiger partial charge in [-0.3, -0.25) is 0 Å². The molecule has 0 unspecified atom stereocenters. The molecule has 0 spiro atoms. The van der Waals surface area contributed by atoms with Gasteiger partial charge in [0, 0.05) is 48.2 Å². The number of hydrogen-bond donors (Lipinski definition) is 0. The summed E-state index contributed by atoms with van der Waals surface area (Å²) in [5.41, 5.74) is 9.46. The van der Waals surface area contributed by atoms with Gasteiger partial charge in [-0.1, -0.05) is 99.5 Å². The first-order valence-corrected chi connectivity index (χ1v) is 19.4. The molecule has 0 saturated carbocycles. The summed E-state index contributed by atoms with van der Waals surface area (Å²) in [5.74, 6) is 0. The molecular weight excluding hydrogens is 761 g/mol. The van der Waals surface area contributed by atoms with Crippen molar-refractivity contribution >= 4 is 44.8 Å². The molecule has 1 aliphatic carbocycles. The second-order valence-electron chi connectivity index (χ2n) is 12.9. The van der Waals surface area contributed by atoms with Crippen molar-refractivity contribution in [3.63, 3.8) is 0 Å². The van der Waals surface area contributed by atoms with Crippen molar-refractivity contribution in [2.75, 3.05) is 0 Å². The van der Waals surface area contributed by atoms with Crippen molar-refractivity contribution in [2.45, 2.75) is 38.9 Å². The maximum atomic E-state index is 4.88. The molecule has 0 atom stereocenters. The number of hydrogen-bond acceptors (Lipinski definition) is 3. The second kappa shape index (κ2) is 12.2. The summed E-state index contributed by atoms with van der Waals surface area (Å²) in [4.78, 5) is 9.40. The fourth-order valence-corrected chi connectivity index (χ4v) is 8.41. The molecule has 0 N–H and O–H groups in total. The van der Waals surface area contributed by atoms with Crippen molar-refractivity contribution in [3.8, 4) is 33.6 Å². The number of aromatic nitrogens is 2. The van der Waals surface area contributed by atoms with Gasteiger partial charge in [0.05, 0.1) is 8.07 Å². The van der Waals surface area contributed by atoms with Crippen LogP contribution in [0.15, 0.2) is 116 Å².